The van der Waals surface area contributed by atoms with E-state index in [1.54, 1.807) is 11.3 Å². The van der Waals surface area contributed by atoms with Crippen molar-refractivity contribution >= 4 is 11.3 Å². The minimum atomic E-state index is 0.816. The Labute approximate surface area is 100 Å². The lowest BCUT2D eigenvalue weighted by molar-refractivity contribution is 0.493. The highest BCUT2D eigenvalue weighted by Crippen LogP contribution is 2.28. The smallest absolute Gasteiger partial charge is 0.135 e. The second-order valence-electron chi connectivity index (χ2n) is 3.83. The monoisotopic (exact) mass is 235 g/mol. The Balaban J connectivity index is 2.05. The van der Waals surface area contributed by atoms with Gasteiger partial charge in [0.1, 0.15) is 11.5 Å². The molecule has 0 aliphatic rings. The van der Waals surface area contributed by atoms with E-state index in [4.69, 9.17) is 4.42 Å². The summed E-state index contributed by atoms with van der Waals surface area (Å²) in [5.74, 6) is 1.99. The lowest BCUT2D eigenvalue weighted by atomic mass is 10.2. The summed E-state index contributed by atoms with van der Waals surface area (Å²) < 4.78 is 5.80. The molecule has 2 aromatic rings. The fourth-order valence-corrected chi connectivity index (χ4v) is 2.35. The first-order valence-electron chi connectivity index (χ1n) is 5.65. The molecule has 0 fully saturated rings. The zero-order valence-electron chi connectivity index (χ0n) is 9.75. The molecule has 0 aliphatic carbocycles. The van der Waals surface area contributed by atoms with E-state index in [1.807, 2.05) is 0 Å². The van der Waals surface area contributed by atoms with Crippen LogP contribution in [-0.4, -0.2) is 6.54 Å². The SMILES string of the molecule is CCCNCc1ccc(-c2ccsc2C)o1. The van der Waals surface area contributed by atoms with Crippen molar-refractivity contribution in [2.45, 2.75) is 26.8 Å². The van der Waals surface area contributed by atoms with Crippen LogP contribution in [0.2, 0.25) is 0 Å². The lowest BCUT2D eigenvalue weighted by Crippen LogP contribution is -2.12. The van der Waals surface area contributed by atoms with Crippen LogP contribution in [0.5, 0.6) is 0 Å². The maximum atomic E-state index is 5.80. The Bertz CT molecular complexity index is 444. The van der Waals surface area contributed by atoms with E-state index < -0.39 is 0 Å². The fourth-order valence-electron chi connectivity index (χ4n) is 1.65. The van der Waals surface area contributed by atoms with Crippen molar-refractivity contribution in [2.24, 2.45) is 0 Å². The number of aryl methyl sites for hydroxylation is 1. The van der Waals surface area contributed by atoms with Gasteiger partial charge in [-0.3, -0.25) is 0 Å². The molecule has 0 unspecified atom stereocenters. The molecule has 16 heavy (non-hydrogen) atoms. The molecular formula is C13H17NOS. The molecule has 0 radical (unpaired) electrons. The summed E-state index contributed by atoms with van der Waals surface area (Å²) >= 11 is 1.75. The van der Waals surface area contributed by atoms with E-state index in [2.05, 4.69) is 42.7 Å². The highest BCUT2D eigenvalue weighted by Gasteiger charge is 2.07. The van der Waals surface area contributed by atoms with Gasteiger partial charge < -0.3 is 9.73 Å². The van der Waals surface area contributed by atoms with Gasteiger partial charge in [-0.25, -0.2) is 0 Å². The number of thiophene rings is 1. The number of furan rings is 1. The quantitative estimate of drug-likeness (QED) is 0.797. The largest absolute Gasteiger partial charge is 0.460 e. The van der Waals surface area contributed by atoms with Crippen molar-refractivity contribution < 1.29 is 4.42 Å². The first-order valence-corrected chi connectivity index (χ1v) is 6.53. The van der Waals surface area contributed by atoms with Crippen molar-refractivity contribution in [3.8, 4) is 11.3 Å². The average molecular weight is 235 g/mol. The summed E-state index contributed by atoms with van der Waals surface area (Å²) in [7, 11) is 0. The maximum absolute atomic E-state index is 5.80. The Morgan fingerprint density at radius 2 is 2.19 bits per heavy atom. The third kappa shape index (κ3) is 2.54. The summed E-state index contributed by atoms with van der Waals surface area (Å²) in [4.78, 5) is 1.31. The summed E-state index contributed by atoms with van der Waals surface area (Å²) in [6.45, 7) is 6.14. The molecule has 0 aromatic carbocycles. The third-order valence-corrected chi connectivity index (χ3v) is 3.36. The molecule has 0 bridgehead atoms. The van der Waals surface area contributed by atoms with Crippen molar-refractivity contribution in [3.63, 3.8) is 0 Å². The van der Waals surface area contributed by atoms with Crippen molar-refractivity contribution in [1.29, 1.82) is 0 Å². The van der Waals surface area contributed by atoms with Crippen molar-refractivity contribution in [2.75, 3.05) is 6.54 Å². The zero-order chi connectivity index (χ0) is 11.4. The van der Waals surface area contributed by atoms with Gasteiger partial charge in [-0.1, -0.05) is 6.92 Å². The predicted octanol–water partition coefficient (Wildman–Crippen LogP) is 3.82. The van der Waals surface area contributed by atoms with Gasteiger partial charge in [0.2, 0.25) is 0 Å². The second-order valence-corrected chi connectivity index (χ2v) is 4.95. The molecule has 0 atom stereocenters. The molecule has 2 rings (SSSR count). The van der Waals surface area contributed by atoms with Crippen molar-refractivity contribution in [3.05, 3.63) is 34.2 Å². The minimum Gasteiger partial charge on any atom is -0.460 e. The van der Waals surface area contributed by atoms with Crippen LogP contribution < -0.4 is 5.32 Å². The Hall–Kier alpha value is -1.06. The molecule has 0 amide bonds. The summed E-state index contributed by atoms with van der Waals surface area (Å²) in [6, 6.07) is 6.22. The van der Waals surface area contributed by atoms with Gasteiger partial charge in [0.05, 0.1) is 6.54 Å². The van der Waals surface area contributed by atoms with Gasteiger partial charge >= 0.3 is 0 Å². The second kappa shape index (κ2) is 5.32. The number of hydrogen-bond acceptors (Lipinski definition) is 3. The molecule has 0 saturated heterocycles. The summed E-state index contributed by atoms with van der Waals surface area (Å²) in [6.07, 6.45) is 1.15. The normalized spacial score (nSPS) is 10.9. The summed E-state index contributed by atoms with van der Waals surface area (Å²) in [5, 5.41) is 5.43. The van der Waals surface area contributed by atoms with Crippen molar-refractivity contribution in [1.82, 2.24) is 5.32 Å². The van der Waals surface area contributed by atoms with Crippen LogP contribution in [0.4, 0.5) is 0 Å². The average Bonchev–Trinajstić information content (AvgIpc) is 2.87. The van der Waals surface area contributed by atoms with Gasteiger partial charge in [0.15, 0.2) is 0 Å². The van der Waals surface area contributed by atoms with Gasteiger partial charge in [-0.15, -0.1) is 11.3 Å². The van der Waals surface area contributed by atoms with Gasteiger partial charge in [0.25, 0.3) is 0 Å². The standard InChI is InChI=1S/C13H17NOS/c1-3-7-14-9-11-4-5-13(15-11)12-6-8-16-10(12)2/h4-6,8,14H,3,7,9H2,1-2H3. The zero-order valence-corrected chi connectivity index (χ0v) is 10.6. The van der Waals surface area contributed by atoms with Crippen LogP contribution in [-0.2, 0) is 6.54 Å². The van der Waals surface area contributed by atoms with Crippen LogP contribution >= 0.6 is 11.3 Å². The molecule has 0 aliphatic heterocycles. The highest BCUT2D eigenvalue weighted by molar-refractivity contribution is 7.10. The minimum absolute atomic E-state index is 0.816. The Morgan fingerprint density at radius 3 is 2.88 bits per heavy atom. The predicted molar refractivity (Wildman–Crippen MR) is 68.8 cm³/mol. The van der Waals surface area contributed by atoms with Crippen LogP contribution in [0.15, 0.2) is 28.0 Å². The third-order valence-electron chi connectivity index (χ3n) is 2.51. The molecule has 0 spiro atoms. The number of rotatable bonds is 5. The van der Waals surface area contributed by atoms with E-state index in [1.165, 1.54) is 10.4 Å². The number of nitrogens with one attached hydrogen (secondary N) is 1. The van der Waals surface area contributed by atoms with E-state index in [0.29, 0.717) is 0 Å². The van der Waals surface area contributed by atoms with E-state index in [9.17, 15) is 0 Å². The molecule has 2 heterocycles. The molecule has 3 heteroatoms. The highest BCUT2D eigenvalue weighted by atomic mass is 32.1. The van der Waals surface area contributed by atoms with E-state index >= 15 is 0 Å². The fraction of sp³-hybridized carbons (Fsp3) is 0.385. The first-order chi connectivity index (χ1) is 7.81. The first kappa shape index (κ1) is 11.4. The number of hydrogen-bond donors (Lipinski definition) is 1. The molecule has 1 N–H and O–H groups in total. The lowest BCUT2D eigenvalue weighted by Gasteiger charge is -1.99. The van der Waals surface area contributed by atoms with Crippen LogP contribution in [0.3, 0.4) is 0 Å². The molecule has 0 saturated carbocycles. The van der Waals surface area contributed by atoms with Gasteiger partial charge in [-0.05, 0) is 43.5 Å². The maximum Gasteiger partial charge on any atom is 0.135 e. The Morgan fingerprint density at radius 1 is 1.31 bits per heavy atom. The van der Waals surface area contributed by atoms with E-state index in [0.717, 1.165) is 31.0 Å². The molecule has 86 valence electrons. The topological polar surface area (TPSA) is 25.2 Å². The molecule has 2 nitrogen and oxygen atoms in total. The Kier molecular flexibility index (Phi) is 3.80. The molecule has 2 aromatic heterocycles. The van der Waals surface area contributed by atoms with Gasteiger partial charge in [-0.2, -0.15) is 0 Å². The van der Waals surface area contributed by atoms with Gasteiger partial charge in [0, 0.05) is 10.4 Å². The summed E-state index contributed by atoms with van der Waals surface area (Å²) in [5.41, 5.74) is 1.21. The van der Waals surface area contributed by atoms with Crippen LogP contribution in [0.1, 0.15) is 24.0 Å². The van der Waals surface area contributed by atoms with Crippen LogP contribution in [0, 0.1) is 6.92 Å². The van der Waals surface area contributed by atoms with Crippen LogP contribution in [0.25, 0.3) is 11.3 Å². The molecular weight excluding hydrogens is 218 g/mol. The van der Waals surface area contributed by atoms with E-state index in [-0.39, 0.29) is 0 Å².